The van der Waals surface area contributed by atoms with Crippen molar-refractivity contribution in [2.75, 3.05) is 11.4 Å². The zero-order chi connectivity index (χ0) is 19.5. The van der Waals surface area contributed by atoms with E-state index in [1.54, 1.807) is 11.1 Å². The van der Waals surface area contributed by atoms with Crippen molar-refractivity contribution in [3.63, 3.8) is 0 Å². The number of rotatable bonds is 4. The molecule has 0 saturated carbocycles. The molecule has 3 aromatic rings. The van der Waals surface area contributed by atoms with Crippen molar-refractivity contribution in [3.05, 3.63) is 76.8 Å². The van der Waals surface area contributed by atoms with Gasteiger partial charge in [-0.05, 0) is 35.0 Å². The first-order chi connectivity index (χ1) is 13.6. The predicted molar refractivity (Wildman–Crippen MR) is 114 cm³/mol. The van der Waals surface area contributed by atoms with Crippen LogP contribution < -0.4 is 10.3 Å². The molecule has 0 bridgehead atoms. The number of benzene rings is 3. The third-order valence-corrected chi connectivity index (χ3v) is 5.36. The average Bonchev–Trinajstić information content (AvgIpc) is 3.10. The minimum absolute atomic E-state index is 0.0551. The summed E-state index contributed by atoms with van der Waals surface area (Å²) in [6.45, 7) is 0.357. The van der Waals surface area contributed by atoms with Gasteiger partial charge in [-0.15, -0.1) is 0 Å². The molecule has 0 spiro atoms. The molecule has 6 heteroatoms. The van der Waals surface area contributed by atoms with E-state index in [9.17, 15) is 9.59 Å². The highest BCUT2D eigenvalue weighted by Crippen LogP contribution is 2.26. The van der Waals surface area contributed by atoms with Crippen LogP contribution in [0.25, 0.3) is 10.8 Å². The first kappa shape index (κ1) is 18.4. The lowest BCUT2D eigenvalue weighted by atomic mass is 10.1. The van der Waals surface area contributed by atoms with E-state index in [1.807, 2.05) is 66.7 Å². The Morgan fingerprint density at radius 3 is 2.64 bits per heavy atom. The molecule has 0 aliphatic carbocycles. The number of nitrogens with one attached hydrogen (secondary N) is 1. The van der Waals surface area contributed by atoms with E-state index >= 15 is 0 Å². The fourth-order valence-electron chi connectivity index (χ4n) is 3.37. The quantitative estimate of drug-likeness (QED) is 0.495. The second-order valence-corrected chi connectivity index (χ2v) is 7.60. The Kier molecular flexibility index (Phi) is 5.21. The molecule has 3 aromatic carbocycles. The van der Waals surface area contributed by atoms with Crippen LogP contribution in [0.1, 0.15) is 12.0 Å². The van der Waals surface area contributed by atoms with Crippen LogP contribution in [0.15, 0.2) is 76.3 Å². The van der Waals surface area contributed by atoms with Gasteiger partial charge in [0.15, 0.2) is 0 Å². The smallest absolute Gasteiger partial charge is 0.245 e. The topological polar surface area (TPSA) is 61.8 Å². The molecule has 28 heavy (non-hydrogen) atoms. The fourth-order valence-corrected chi connectivity index (χ4v) is 3.64. The van der Waals surface area contributed by atoms with Crippen LogP contribution in [0.5, 0.6) is 0 Å². The van der Waals surface area contributed by atoms with E-state index in [0.717, 1.165) is 26.5 Å². The number of hydrazone groups is 1. The molecule has 0 aromatic heterocycles. The van der Waals surface area contributed by atoms with Crippen LogP contribution in [0, 0.1) is 5.92 Å². The van der Waals surface area contributed by atoms with Crippen molar-refractivity contribution >= 4 is 50.4 Å². The highest BCUT2D eigenvalue weighted by atomic mass is 79.9. The molecule has 2 amide bonds. The molecule has 0 radical (unpaired) electrons. The summed E-state index contributed by atoms with van der Waals surface area (Å²) in [4.78, 5) is 26.4. The summed E-state index contributed by atoms with van der Waals surface area (Å²) < 4.78 is 0.944. The van der Waals surface area contributed by atoms with Crippen LogP contribution in [-0.2, 0) is 9.59 Å². The highest BCUT2D eigenvalue weighted by molar-refractivity contribution is 9.10. The van der Waals surface area contributed by atoms with Crippen molar-refractivity contribution in [1.82, 2.24) is 5.43 Å². The van der Waals surface area contributed by atoms with Gasteiger partial charge in [-0.1, -0.05) is 58.4 Å². The lowest BCUT2D eigenvalue weighted by Crippen LogP contribution is -2.30. The van der Waals surface area contributed by atoms with Crippen LogP contribution in [0.2, 0.25) is 0 Å². The van der Waals surface area contributed by atoms with Crippen LogP contribution in [0.3, 0.4) is 0 Å². The van der Waals surface area contributed by atoms with Crippen LogP contribution in [0.4, 0.5) is 5.69 Å². The monoisotopic (exact) mass is 435 g/mol. The molecule has 1 saturated heterocycles. The summed E-state index contributed by atoms with van der Waals surface area (Å²) in [5.74, 6) is -0.717. The average molecular weight is 436 g/mol. The van der Waals surface area contributed by atoms with Gasteiger partial charge in [0.05, 0.1) is 12.1 Å². The third kappa shape index (κ3) is 3.82. The Balaban J connectivity index is 1.42. The van der Waals surface area contributed by atoms with Gasteiger partial charge in [-0.2, -0.15) is 5.10 Å². The Morgan fingerprint density at radius 1 is 1.07 bits per heavy atom. The first-order valence-corrected chi connectivity index (χ1v) is 9.78. The van der Waals surface area contributed by atoms with Gasteiger partial charge in [-0.3, -0.25) is 9.59 Å². The molecular weight excluding hydrogens is 418 g/mol. The van der Waals surface area contributed by atoms with Gasteiger partial charge in [-0.25, -0.2) is 5.43 Å². The fraction of sp³-hybridized carbons (Fsp3) is 0.136. The molecule has 140 valence electrons. The molecule has 5 nitrogen and oxygen atoms in total. The van der Waals surface area contributed by atoms with Gasteiger partial charge in [0.25, 0.3) is 0 Å². The number of hydrogen-bond acceptors (Lipinski definition) is 3. The number of fused-ring (bicyclic) bond motifs is 1. The SMILES string of the molecule is O=C(NN=Cc1cccc2ccccc12)[C@H]1CC(=O)N(c2ccc(Br)cc2)C1. The summed E-state index contributed by atoms with van der Waals surface area (Å²) in [6, 6.07) is 21.4. The largest absolute Gasteiger partial charge is 0.312 e. The van der Waals surface area contributed by atoms with Crippen LogP contribution >= 0.6 is 15.9 Å². The van der Waals surface area contributed by atoms with Crippen molar-refractivity contribution in [3.8, 4) is 0 Å². The second-order valence-electron chi connectivity index (χ2n) is 6.68. The Morgan fingerprint density at radius 2 is 1.82 bits per heavy atom. The number of amides is 2. The lowest BCUT2D eigenvalue weighted by Gasteiger charge is -2.16. The van der Waals surface area contributed by atoms with E-state index in [-0.39, 0.29) is 18.2 Å². The Labute approximate surface area is 171 Å². The van der Waals surface area contributed by atoms with Crippen molar-refractivity contribution in [2.24, 2.45) is 11.0 Å². The van der Waals surface area contributed by atoms with Crippen molar-refractivity contribution in [2.45, 2.75) is 6.42 Å². The first-order valence-electron chi connectivity index (χ1n) is 8.98. The maximum absolute atomic E-state index is 12.5. The molecule has 4 rings (SSSR count). The van der Waals surface area contributed by atoms with Crippen molar-refractivity contribution < 1.29 is 9.59 Å². The number of halogens is 1. The predicted octanol–water partition coefficient (Wildman–Crippen LogP) is 4.11. The maximum Gasteiger partial charge on any atom is 0.245 e. The van der Waals surface area contributed by atoms with Gasteiger partial charge in [0, 0.05) is 28.7 Å². The molecule has 1 aliphatic rings. The number of carbonyl (C=O) groups excluding carboxylic acids is 2. The normalized spacial score (nSPS) is 16.8. The number of anilines is 1. The second kappa shape index (κ2) is 7.94. The molecule has 1 heterocycles. The maximum atomic E-state index is 12.5. The summed E-state index contributed by atoms with van der Waals surface area (Å²) in [6.07, 6.45) is 1.83. The van der Waals surface area contributed by atoms with Gasteiger partial charge in [0.2, 0.25) is 11.8 Å². The molecule has 0 unspecified atom stereocenters. The van der Waals surface area contributed by atoms with E-state index in [4.69, 9.17) is 0 Å². The number of carbonyl (C=O) groups is 2. The highest BCUT2D eigenvalue weighted by Gasteiger charge is 2.35. The van der Waals surface area contributed by atoms with Gasteiger partial charge >= 0.3 is 0 Å². The van der Waals surface area contributed by atoms with Crippen LogP contribution in [-0.4, -0.2) is 24.6 Å². The standard InChI is InChI=1S/C22H18BrN3O2/c23-18-8-10-19(11-9-18)26-14-17(12-21(26)27)22(28)25-24-13-16-6-3-5-15-4-1-2-7-20(15)16/h1-11,13,17H,12,14H2,(H,25,28)/t17-/m0/s1. The van der Waals surface area contributed by atoms with Gasteiger partial charge in [0.1, 0.15) is 0 Å². The summed E-state index contributed by atoms with van der Waals surface area (Å²) in [5.41, 5.74) is 4.31. The van der Waals surface area contributed by atoms with E-state index in [0.29, 0.717) is 6.54 Å². The van der Waals surface area contributed by atoms with E-state index in [2.05, 4.69) is 26.5 Å². The van der Waals surface area contributed by atoms with Crippen molar-refractivity contribution in [1.29, 1.82) is 0 Å². The zero-order valence-corrected chi connectivity index (χ0v) is 16.6. The molecule has 1 N–H and O–H groups in total. The molecule has 1 atom stereocenters. The zero-order valence-electron chi connectivity index (χ0n) is 15.0. The lowest BCUT2D eigenvalue weighted by molar-refractivity contribution is -0.126. The summed E-state index contributed by atoms with van der Waals surface area (Å²) in [5, 5.41) is 6.30. The molecular formula is C22H18BrN3O2. The number of nitrogens with zero attached hydrogens (tertiary/aromatic N) is 2. The molecule has 1 aliphatic heterocycles. The Bertz CT molecular complexity index is 1060. The van der Waals surface area contributed by atoms with E-state index in [1.165, 1.54) is 0 Å². The number of hydrogen-bond donors (Lipinski definition) is 1. The van der Waals surface area contributed by atoms with E-state index < -0.39 is 5.92 Å². The molecule has 1 fully saturated rings. The minimum Gasteiger partial charge on any atom is -0.312 e. The summed E-state index contributed by atoms with van der Waals surface area (Å²) in [7, 11) is 0. The van der Waals surface area contributed by atoms with Gasteiger partial charge < -0.3 is 4.90 Å². The summed E-state index contributed by atoms with van der Waals surface area (Å²) >= 11 is 3.38. The minimum atomic E-state index is -0.416. The third-order valence-electron chi connectivity index (χ3n) is 4.84. The Hall–Kier alpha value is -2.99.